The number of methoxy groups -OCH3 is 1. The van der Waals surface area contributed by atoms with Crippen LogP contribution in [0.1, 0.15) is 43.3 Å². The molecule has 1 amide bonds. The van der Waals surface area contributed by atoms with Crippen molar-refractivity contribution in [3.8, 4) is 17.1 Å². The van der Waals surface area contributed by atoms with E-state index in [0.717, 1.165) is 30.0 Å². The summed E-state index contributed by atoms with van der Waals surface area (Å²) in [5.41, 5.74) is 3.19. The molecule has 0 aliphatic carbocycles. The summed E-state index contributed by atoms with van der Waals surface area (Å²) in [4.78, 5) is 19.3. The fraction of sp³-hybridized carbons (Fsp3) is 0.400. The van der Waals surface area contributed by atoms with Gasteiger partial charge in [0.05, 0.1) is 13.2 Å². The molecular formula is C25H32N4O3. The molecule has 1 heterocycles. The molecule has 1 aromatic heterocycles. The van der Waals surface area contributed by atoms with Crippen LogP contribution in [0.2, 0.25) is 0 Å². The largest absolute Gasteiger partial charge is 0.497 e. The van der Waals surface area contributed by atoms with Gasteiger partial charge in [0.15, 0.2) is 0 Å². The van der Waals surface area contributed by atoms with Crippen LogP contribution in [0.3, 0.4) is 0 Å². The van der Waals surface area contributed by atoms with E-state index in [-0.39, 0.29) is 11.9 Å². The molecule has 3 aromatic rings. The van der Waals surface area contributed by atoms with Crippen molar-refractivity contribution in [2.45, 2.75) is 39.7 Å². The Kier molecular flexibility index (Phi) is 8.39. The van der Waals surface area contributed by atoms with Crippen molar-refractivity contribution in [1.29, 1.82) is 0 Å². The fourth-order valence-electron chi connectivity index (χ4n) is 3.67. The molecule has 0 aliphatic rings. The number of rotatable bonds is 11. The maximum Gasteiger partial charge on any atom is 0.227 e. The van der Waals surface area contributed by atoms with Gasteiger partial charge in [-0.25, -0.2) is 0 Å². The van der Waals surface area contributed by atoms with E-state index in [0.29, 0.717) is 31.1 Å². The lowest BCUT2D eigenvalue weighted by Gasteiger charge is -2.30. The van der Waals surface area contributed by atoms with Gasteiger partial charge in [-0.05, 0) is 37.7 Å². The highest BCUT2D eigenvalue weighted by Gasteiger charge is 2.20. The number of benzene rings is 2. The van der Waals surface area contributed by atoms with Crippen LogP contribution in [0.25, 0.3) is 11.4 Å². The molecule has 0 aliphatic heterocycles. The number of nitrogens with one attached hydrogen (secondary N) is 1. The van der Waals surface area contributed by atoms with Gasteiger partial charge < -0.3 is 14.6 Å². The van der Waals surface area contributed by atoms with E-state index in [9.17, 15) is 4.79 Å². The van der Waals surface area contributed by atoms with Crippen molar-refractivity contribution in [1.82, 2.24) is 20.4 Å². The van der Waals surface area contributed by atoms with E-state index in [4.69, 9.17) is 9.26 Å². The molecule has 1 N–H and O–H groups in total. The lowest BCUT2D eigenvalue weighted by Crippen LogP contribution is -2.38. The molecule has 0 saturated heterocycles. The van der Waals surface area contributed by atoms with Gasteiger partial charge in [-0.15, -0.1) is 0 Å². The van der Waals surface area contributed by atoms with Crippen LogP contribution in [-0.2, 0) is 11.2 Å². The summed E-state index contributed by atoms with van der Waals surface area (Å²) in [5.74, 6) is 1.77. The van der Waals surface area contributed by atoms with Crippen molar-refractivity contribution >= 4 is 5.91 Å². The Balaban J connectivity index is 1.57. The minimum absolute atomic E-state index is 0.0415. The highest BCUT2D eigenvalue weighted by atomic mass is 16.5. The number of carbonyl (C=O) groups is 1. The first kappa shape index (κ1) is 23.5. The molecule has 0 spiro atoms. The van der Waals surface area contributed by atoms with Crippen LogP contribution >= 0.6 is 0 Å². The second-order valence-electron chi connectivity index (χ2n) is 7.70. The van der Waals surface area contributed by atoms with Crippen molar-refractivity contribution in [2.75, 3.05) is 26.7 Å². The molecule has 170 valence electrons. The second kappa shape index (κ2) is 11.4. The molecular weight excluding hydrogens is 404 g/mol. The number of hydrogen-bond acceptors (Lipinski definition) is 6. The monoisotopic (exact) mass is 436 g/mol. The smallest absolute Gasteiger partial charge is 0.227 e. The minimum Gasteiger partial charge on any atom is -0.497 e. The molecule has 32 heavy (non-hydrogen) atoms. The Labute approximate surface area is 189 Å². The summed E-state index contributed by atoms with van der Waals surface area (Å²) in [5, 5.41) is 7.10. The molecule has 1 atom stereocenters. The normalized spacial score (nSPS) is 12.0. The number of likely N-dealkylation sites (N-methyl/N-ethyl adjacent to an activating group) is 1. The van der Waals surface area contributed by atoms with Gasteiger partial charge in [0.25, 0.3) is 0 Å². The SMILES string of the molecule is CCN(CC)C(CNC(=O)CCc1nc(-c2ccc(C)cc2)no1)c1cccc(OC)c1. The van der Waals surface area contributed by atoms with Gasteiger partial charge in [-0.3, -0.25) is 9.69 Å². The summed E-state index contributed by atoms with van der Waals surface area (Å²) in [7, 11) is 1.66. The summed E-state index contributed by atoms with van der Waals surface area (Å²) >= 11 is 0. The van der Waals surface area contributed by atoms with Crippen LogP contribution in [0.4, 0.5) is 0 Å². The summed E-state index contributed by atoms with van der Waals surface area (Å²) in [6.45, 7) is 8.57. The fourth-order valence-corrected chi connectivity index (χ4v) is 3.67. The molecule has 7 nitrogen and oxygen atoms in total. The summed E-state index contributed by atoms with van der Waals surface area (Å²) in [6.07, 6.45) is 0.693. The standard InChI is InChI=1S/C25H32N4O3/c1-5-29(6-2)22(20-8-7-9-21(16-20)31-4)17-26-23(30)14-15-24-27-25(28-32-24)19-12-10-18(3)11-13-19/h7-13,16,22H,5-6,14-15,17H2,1-4H3,(H,26,30). The van der Waals surface area contributed by atoms with Crippen molar-refractivity contribution in [3.63, 3.8) is 0 Å². The van der Waals surface area contributed by atoms with Gasteiger partial charge in [-0.2, -0.15) is 4.98 Å². The Hall–Kier alpha value is -3.19. The van der Waals surface area contributed by atoms with Gasteiger partial charge >= 0.3 is 0 Å². The summed E-state index contributed by atoms with van der Waals surface area (Å²) in [6, 6.07) is 16.0. The molecule has 1 unspecified atom stereocenters. The Morgan fingerprint density at radius 1 is 1.16 bits per heavy atom. The third-order valence-electron chi connectivity index (χ3n) is 5.57. The molecule has 0 radical (unpaired) electrons. The molecule has 2 aromatic carbocycles. The Morgan fingerprint density at radius 3 is 2.59 bits per heavy atom. The Bertz CT molecular complexity index is 996. The molecule has 0 bridgehead atoms. The zero-order valence-electron chi connectivity index (χ0n) is 19.3. The van der Waals surface area contributed by atoms with Crippen LogP contribution in [0.15, 0.2) is 53.1 Å². The lowest BCUT2D eigenvalue weighted by atomic mass is 10.0. The van der Waals surface area contributed by atoms with E-state index in [1.807, 2.05) is 49.4 Å². The third-order valence-corrected chi connectivity index (χ3v) is 5.57. The number of amides is 1. The zero-order chi connectivity index (χ0) is 22.9. The molecule has 3 rings (SSSR count). The van der Waals surface area contributed by atoms with E-state index in [2.05, 4.69) is 40.3 Å². The predicted octanol–water partition coefficient (Wildman–Crippen LogP) is 4.19. The lowest BCUT2D eigenvalue weighted by molar-refractivity contribution is -0.121. The topological polar surface area (TPSA) is 80.5 Å². The predicted molar refractivity (Wildman–Crippen MR) is 124 cm³/mol. The van der Waals surface area contributed by atoms with Crippen LogP contribution < -0.4 is 10.1 Å². The van der Waals surface area contributed by atoms with Crippen molar-refractivity contribution < 1.29 is 14.1 Å². The quantitative estimate of drug-likeness (QED) is 0.486. The average Bonchev–Trinajstić information content (AvgIpc) is 3.30. The van der Waals surface area contributed by atoms with E-state index in [1.165, 1.54) is 5.56 Å². The van der Waals surface area contributed by atoms with Crippen LogP contribution in [-0.4, -0.2) is 47.7 Å². The van der Waals surface area contributed by atoms with E-state index < -0.39 is 0 Å². The van der Waals surface area contributed by atoms with E-state index in [1.54, 1.807) is 7.11 Å². The number of nitrogens with zero attached hydrogens (tertiary/aromatic N) is 3. The molecule has 0 fully saturated rings. The highest BCUT2D eigenvalue weighted by molar-refractivity contribution is 5.76. The van der Waals surface area contributed by atoms with Crippen LogP contribution in [0, 0.1) is 6.92 Å². The highest BCUT2D eigenvalue weighted by Crippen LogP contribution is 2.24. The molecule has 0 saturated carbocycles. The molecule has 7 heteroatoms. The Morgan fingerprint density at radius 2 is 1.91 bits per heavy atom. The van der Waals surface area contributed by atoms with Gasteiger partial charge in [0.2, 0.25) is 17.6 Å². The van der Waals surface area contributed by atoms with Crippen LogP contribution in [0.5, 0.6) is 5.75 Å². The first-order valence-electron chi connectivity index (χ1n) is 11.1. The number of ether oxygens (including phenoxy) is 1. The minimum atomic E-state index is -0.0415. The number of hydrogen-bond donors (Lipinski definition) is 1. The van der Waals surface area contributed by atoms with Gasteiger partial charge in [0.1, 0.15) is 5.75 Å². The maximum absolute atomic E-state index is 12.5. The number of aryl methyl sites for hydroxylation is 2. The van der Waals surface area contributed by atoms with Gasteiger partial charge in [-0.1, -0.05) is 61.0 Å². The van der Waals surface area contributed by atoms with Crippen molar-refractivity contribution in [2.24, 2.45) is 0 Å². The average molecular weight is 437 g/mol. The number of carbonyl (C=O) groups excluding carboxylic acids is 1. The summed E-state index contributed by atoms with van der Waals surface area (Å²) < 4.78 is 10.7. The first-order valence-corrected chi connectivity index (χ1v) is 11.1. The van der Waals surface area contributed by atoms with Gasteiger partial charge in [0, 0.05) is 24.9 Å². The first-order chi connectivity index (χ1) is 15.5. The second-order valence-corrected chi connectivity index (χ2v) is 7.70. The van der Waals surface area contributed by atoms with Crippen molar-refractivity contribution in [3.05, 3.63) is 65.5 Å². The zero-order valence-corrected chi connectivity index (χ0v) is 19.3. The maximum atomic E-state index is 12.5. The van der Waals surface area contributed by atoms with E-state index >= 15 is 0 Å². The number of aromatic nitrogens is 2. The third kappa shape index (κ3) is 6.17.